The second kappa shape index (κ2) is 4.86. The Kier molecular flexibility index (Phi) is 3.27. The SMILES string of the molecule is Nc1ncc(OCc2ccccc2)cc1Cl. The number of rotatable bonds is 3. The Morgan fingerprint density at radius 2 is 2.00 bits per heavy atom. The van der Waals surface area contributed by atoms with Gasteiger partial charge in [-0.3, -0.25) is 0 Å². The van der Waals surface area contributed by atoms with Gasteiger partial charge in [0.25, 0.3) is 0 Å². The van der Waals surface area contributed by atoms with Crippen LogP contribution < -0.4 is 10.5 Å². The van der Waals surface area contributed by atoms with Crippen LogP contribution in [0.2, 0.25) is 5.02 Å². The molecule has 82 valence electrons. The minimum Gasteiger partial charge on any atom is -0.487 e. The van der Waals surface area contributed by atoms with Crippen molar-refractivity contribution in [3.05, 3.63) is 53.2 Å². The van der Waals surface area contributed by atoms with Gasteiger partial charge in [0, 0.05) is 6.07 Å². The molecule has 16 heavy (non-hydrogen) atoms. The summed E-state index contributed by atoms with van der Waals surface area (Å²) in [4.78, 5) is 3.91. The maximum atomic E-state index is 5.83. The minimum absolute atomic E-state index is 0.314. The Bertz CT molecular complexity index is 474. The van der Waals surface area contributed by atoms with E-state index in [0.717, 1.165) is 5.56 Å². The Hall–Kier alpha value is -1.74. The van der Waals surface area contributed by atoms with Crippen LogP contribution >= 0.6 is 11.6 Å². The van der Waals surface area contributed by atoms with Crippen LogP contribution in [0.3, 0.4) is 0 Å². The molecule has 4 heteroatoms. The van der Waals surface area contributed by atoms with E-state index < -0.39 is 0 Å². The average Bonchev–Trinajstić information content (AvgIpc) is 2.32. The van der Waals surface area contributed by atoms with E-state index in [1.807, 2.05) is 30.3 Å². The fourth-order valence-electron chi connectivity index (χ4n) is 1.25. The number of nitrogens with zero attached hydrogens (tertiary/aromatic N) is 1. The molecule has 0 unspecified atom stereocenters. The van der Waals surface area contributed by atoms with Crippen molar-refractivity contribution in [2.24, 2.45) is 0 Å². The van der Waals surface area contributed by atoms with Crippen LogP contribution in [-0.4, -0.2) is 4.98 Å². The van der Waals surface area contributed by atoms with Crippen LogP contribution in [-0.2, 0) is 6.61 Å². The highest BCUT2D eigenvalue weighted by molar-refractivity contribution is 6.32. The molecule has 0 spiro atoms. The highest BCUT2D eigenvalue weighted by Crippen LogP contribution is 2.22. The van der Waals surface area contributed by atoms with Crippen LogP contribution in [0.25, 0.3) is 0 Å². The molecule has 0 aliphatic heterocycles. The molecule has 0 saturated heterocycles. The van der Waals surface area contributed by atoms with Gasteiger partial charge in [0.05, 0.1) is 11.2 Å². The molecule has 3 nitrogen and oxygen atoms in total. The fourth-order valence-corrected chi connectivity index (χ4v) is 1.41. The van der Waals surface area contributed by atoms with Crippen molar-refractivity contribution in [3.8, 4) is 5.75 Å². The Morgan fingerprint density at radius 3 is 2.69 bits per heavy atom. The number of nitrogen functional groups attached to an aromatic ring is 1. The maximum absolute atomic E-state index is 5.83. The number of hydrogen-bond acceptors (Lipinski definition) is 3. The predicted octanol–water partition coefficient (Wildman–Crippen LogP) is 2.90. The zero-order valence-corrected chi connectivity index (χ0v) is 9.32. The van der Waals surface area contributed by atoms with Crippen LogP contribution in [0.4, 0.5) is 5.82 Å². The lowest BCUT2D eigenvalue weighted by molar-refractivity contribution is 0.305. The van der Waals surface area contributed by atoms with Crippen molar-refractivity contribution < 1.29 is 4.74 Å². The molecule has 0 aliphatic rings. The topological polar surface area (TPSA) is 48.1 Å². The van der Waals surface area contributed by atoms with Gasteiger partial charge in [-0.15, -0.1) is 0 Å². The van der Waals surface area contributed by atoms with Crippen molar-refractivity contribution in [2.45, 2.75) is 6.61 Å². The number of halogens is 1. The molecule has 1 aromatic carbocycles. The number of nitrogens with two attached hydrogens (primary N) is 1. The second-order valence-electron chi connectivity index (χ2n) is 3.31. The van der Waals surface area contributed by atoms with Gasteiger partial charge in [-0.2, -0.15) is 0 Å². The lowest BCUT2D eigenvalue weighted by Crippen LogP contribution is -1.97. The van der Waals surface area contributed by atoms with Crippen molar-refractivity contribution in [1.82, 2.24) is 4.98 Å². The fraction of sp³-hybridized carbons (Fsp3) is 0.0833. The molecule has 0 bridgehead atoms. The molecule has 1 aromatic heterocycles. The predicted molar refractivity (Wildman–Crippen MR) is 64.4 cm³/mol. The van der Waals surface area contributed by atoms with E-state index in [2.05, 4.69) is 4.98 Å². The number of aromatic nitrogens is 1. The highest BCUT2D eigenvalue weighted by Gasteiger charge is 2.00. The van der Waals surface area contributed by atoms with Crippen molar-refractivity contribution >= 4 is 17.4 Å². The van der Waals surface area contributed by atoms with E-state index in [9.17, 15) is 0 Å². The summed E-state index contributed by atoms with van der Waals surface area (Å²) in [5.74, 6) is 0.928. The summed E-state index contributed by atoms with van der Waals surface area (Å²) in [7, 11) is 0. The first-order valence-electron chi connectivity index (χ1n) is 4.83. The third kappa shape index (κ3) is 2.64. The third-order valence-corrected chi connectivity index (χ3v) is 2.40. The van der Waals surface area contributed by atoms with Gasteiger partial charge in [-0.1, -0.05) is 41.9 Å². The zero-order chi connectivity index (χ0) is 11.4. The van der Waals surface area contributed by atoms with Crippen LogP contribution in [0.1, 0.15) is 5.56 Å². The van der Waals surface area contributed by atoms with Crippen LogP contribution in [0, 0.1) is 0 Å². The summed E-state index contributed by atoms with van der Waals surface area (Å²) < 4.78 is 5.53. The van der Waals surface area contributed by atoms with Gasteiger partial charge in [0.1, 0.15) is 18.2 Å². The normalized spacial score (nSPS) is 10.1. The zero-order valence-electron chi connectivity index (χ0n) is 8.56. The summed E-state index contributed by atoms with van der Waals surface area (Å²) in [5.41, 5.74) is 6.59. The van der Waals surface area contributed by atoms with Crippen molar-refractivity contribution in [2.75, 3.05) is 5.73 Å². The quantitative estimate of drug-likeness (QED) is 0.888. The summed E-state index contributed by atoms with van der Waals surface area (Å²) in [6.07, 6.45) is 1.56. The molecule has 2 aromatic rings. The second-order valence-corrected chi connectivity index (χ2v) is 3.72. The maximum Gasteiger partial charge on any atom is 0.142 e. The van der Waals surface area contributed by atoms with Gasteiger partial charge in [0.15, 0.2) is 0 Å². The van der Waals surface area contributed by atoms with Crippen molar-refractivity contribution in [3.63, 3.8) is 0 Å². The number of anilines is 1. The molecular formula is C12H11ClN2O. The van der Waals surface area contributed by atoms with E-state index in [-0.39, 0.29) is 0 Å². The standard InChI is InChI=1S/C12H11ClN2O/c13-11-6-10(7-15-12(11)14)16-8-9-4-2-1-3-5-9/h1-7H,8H2,(H2,14,15). The van der Waals surface area contributed by atoms with E-state index >= 15 is 0 Å². The van der Waals surface area contributed by atoms with Gasteiger partial charge < -0.3 is 10.5 Å². The molecule has 1 heterocycles. The first-order chi connectivity index (χ1) is 7.75. The lowest BCUT2D eigenvalue weighted by atomic mass is 10.2. The highest BCUT2D eigenvalue weighted by atomic mass is 35.5. The molecule has 0 fully saturated rings. The molecule has 2 N–H and O–H groups in total. The number of benzene rings is 1. The average molecular weight is 235 g/mol. The molecule has 2 rings (SSSR count). The number of hydrogen-bond donors (Lipinski definition) is 1. The summed E-state index contributed by atoms with van der Waals surface area (Å²) in [6, 6.07) is 11.5. The molecule has 0 atom stereocenters. The largest absolute Gasteiger partial charge is 0.487 e. The Labute approximate surface area is 98.8 Å². The third-order valence-electron chi connectivity index (χ3n) is 2.09. The van der Waals surface area contributed by atoms with E-state index in [0.29, 0.717) is 23.2 Å². The van der Waals surface area contributed by atoms with Gasteiger partial charge in [0.2, 0.25) is 0 Å². The smallest absolute Gasteiger partial charge is 0.142 e. The van der Waals surface area contributed by atoms with Crippen LogP contribution in [0.15, 0.2) is 42.6 Å². The van der Waals surface area contributed by atoms with E-state index in [4.69, 9.17) is 22.1 Å². The molecule has 0 aliphatic carbocycles. The van der Waals surface area contributed by atoms with Crippen molar-refractivity contribution in [1.29, 1.82) is 0 Å². The molecule has 0 radical (unpaired) electrons. The van der Waals surface area contributed by atoms with E-state index in [1.54, 1.807) is 12.3 Å². The number of ether oxygens (including phenoxy) is 1. The Morgan fingerprint density at radius 1 is 1.25 bits per heavy atom. The minimum atomic E-state index is 0.314. The monoisotopic (exact) mass is 234 g/mol. The molecule has 0 amide bonds. The first-order valence-corrected chi connectivity index (χ1v) is 5.21. The number of pyridine rings is 1. The molecular weight excluding hydrogens is 224 g/mol. The summed E-state index contributed by atoms with van der Waals surface area (Å²) >= 11 is 5.83. The molecule has 0 saturated carbocycles. The van der Waals surface area contributed by atoms with Gasteiger partial charge in [-0.25, -0.2) is 4.98 Å². The Balaban J connectivity index is 2.03. The summed E-state index contributed by atoms with van der Waals surface area (Å²) in [6.45, 7) is 0.489. The summed E-state index contributed by atoms with van der Waals surface area (Å²) in [5, 5.41) is 0.408. The van der Waals surface area contributed by atoms with Crippen LogP contribution in [0.5, 0.6) is 5.75 Å². The van der Waals surface area contributed by atoms with E-state index in [1.165, 1.54) is 0 Å². The van der Waals surface area contributed by atoms with Gasteiger partial charge in [-0.05, 0) is 5.56 Å². The lowest BCUT2D eigenvalue weighted by Gasteiger charge is -2.06. The van der Waals surface area contributed by atoms with Gasteiger partial charge >= 0.3 is 0 Å². The first kappa shape index (κ1) is 10.8.